The number of aliphatic hydroxyl groups excluding tert-OH is 1. The Balaban J connectivity index is 3.46. The quantitative estimate of drug-likeness (QED) is 0.682. The molecule has 3 nitrogen and oxygen atoms in total. The normalized spacial score (nSPS) is 15.0. The summed E-state index contributed by atoms with van der Waals surface area (Å²) in [5, 5.41) is 12.6. The first kappa shape index (κ1) is 12.9. The molecule has 0 radical (unpaired) electrons. The van der Waals surface area contributed by atoms with Gasteiger partial charge >= 0.3 is 0 Å². The van der Waals surface area contributed by atoms with Crippen molar-refractivity contribution in [2.45, 2.75) is 52.4 Å². The van der Waals surface area contributed by atoms with E-state index in [-0.39, 0.29) is 5.60 Å². The number of ether oxygens (including phenoxy) is 1. The third kappa shape index (κ3) is 9.80. The predicted octanol–water partition coefficient (Wildman–Crippen LogP) is 1.16. The molecule has 0 aromatic heterocycles. The van der Waals surface area contributed by atoms with E-state index in [1.54, 1.807) is 0 Å². The third-order valence-electron chi connectivity index (χ3n) is 1.47. The molecule has 0 saturated heterocycles. The highest BCUT2D eigenvalue weighted by molar-refractivity contribution is 4.65. The molecule has 0 aromatic carbocycles. The molecule has 0 spiro atoms. The van der Waals surface area contributed by atoms with Crippen LogP contribution in [0, 0.1) is 0 Å². The van der Waals surface area contributed by atoms with Gasteiger partial charge in [-0.2, -0.15) is 0 Å². The first-order valence-corrected chi connectivity index (χ1v) is 4.86. The van der Waals surface area contributed by atoms with E-state index >= 15 is 0 Å². The molecule has 0 heterocycles. The second kappa shape index (κ2) is 5.58. The van der Waals surface area contributed by atoms with Gasteiger partial charge in [0, 0.05) is 12.6 Å². The van der Waals surface area contributed by atoms with E-state index in [1.807, 2.05) is 20.8 Å². The second-order valence-electron chi connectivity index (χ2n) is 4.64. The van der Waals surface area contributed by atoms with Gasteiger partial charge in [-0.3, -0.25) is 0 Å². The van der Waals surface area contributed by atoms with Gasteiger partial charge in [0.05, 0.1) is 18.3 Å². The molecular weight excluding hydrogens is 166 g/mol. The van der Waals surface area contributed by atoms with Crippen molar-refractivity contribution in [1.29, 1.82) is 0 Å². The molecule has 0 bridgehead atoms. The summed E-state index contributed by atoms with van der Waals surface area (Å²) in [5.41, 5.74) is -0.168. The lowest BCUT2D eigenvalue weighted by molar-refractivity contribution is -0.0481. The number of hydrogen-bond donors (Lipinski definition) is 2. The van der Waals surface area contributed by atoms with Crippen LogP contribution >= 0.6 is 0 Å². The molecule has 1 unspecified atom stereocenters. The maximum absolute atomic E-state index is 9.47. The zero-order valence-corrected chi connectivity index (χ0v) is 9.42. The highest BCUT2D eigenvalue weighted by Crippen LogP contribution is 2.06. The third-order valence-corrected chi connectivity index (χ3v) is 1.47. The van der Waals surface area contributed by atoms with E-state index in [1.165, 1.54) is 0 Å². The standard InChI is InChI=1S/C10H23NO2/c1-8(2)11-6-9(12)7-13-10(3,4)5/h8-9,11-12H,6-7H2,1-5H3. The summed E-state index contributed by atoms with van der Waals surface area (Å²) in [7, 11) is 0. The van der Waals surface area contributed by atoms with Crippen LogP contribution in [0.5, 0.6) is 0 Å². The van der Waals surface area contributed by atoms with Gasteiger partial charge in [-0.05, 0) is 20.8 Å². The van der Waals surface area contributed by atoms with E-state index in [2.05, 4.69) is 19.2 Å². The fraction of sp³-hybridized carbons (Fsp3) is 1.00. The van der Waals surface area contributed by atoms with Gasteiger partial charge in [-0.1, -0.05) is 13.8 Å². The Bertz CT molecular complexity index is 129. The van der Waals surface area contributed by atoms with E-state index in [9.17, 15) is 5.11 Å². The molecule has 0 aliphatic rings. The summed E-state index contributed by atoms with van der Waals surface area (Å²) < 4.78 is 5.43. The molecular formula is C10H23NO2. The molecule has 0 aromatic rings. The summed E-state index contributed by atoms with van der Waals surface area (Å²) in [6.45, 7) is 11.0. The number of aliphatic hydroxyl groups is 1. The number of nitrogens with one attached hydrogen (secondary N) is 1. The Hall–Kier alpha value is -0.120. The van der Waals surface area contributed by atoms with Crippen LogP contribution in [0.15, 0.2) is 0 Å². The lowest BCUT2D eigenvalue weighted by Crippen LogP contribution is -2.36. The molecule has 2 N–H and O–H groups in total. The molecule has 80 valence electrons. The zero-order chi connectivity index (χ0) is 10.5. The highest BCUT2D eigenvalue weighted by atomic mass is 16.5. The maximum Gasteiger partial charge on any atom is 0.0898 e. The van der Waals surface area contributed by atoms with Crippen molar-refractivity contribution in [1.82, 2.24) is 5.32 Å². The molecule has 13 heavy (non-hydrogen) atoms. The van der Waals surface area contributed by atoms with E-state index < -0.39 is 6.10 Å². The summed E-state index contributed by atoms with van der Waals surface area (Å²) in [4.78, 5) is 0. The first-order valence-electron chi connectivity index (χ1n) is 4.86. The highest BCUT2D eigenvalue weighted by Gasteiger charge is 2.13. The second-order valence-corrected chi connectivity index (χ2v) is 4.64. The van der Waals surface area contributed by atoms with Crippen LogP contribution in [0.4, 0.5) is 0 Å². The van der Waals surface area contributed by atoms with Crippen molar-refractivity contribution in [2.75, 3.05) is 13.2 Å². The molecule has 0 amide bonds. The smallest absolute Gasteiger partial charge is 0.0898 e. The van der Waals surface area contributed by atoms with Gasteiger partial charge in [0.15, 0.2) is 0 Å². The Morgan fingerprint density at radius 1 is 1.31 bits per heavy atom. The molecule has 1 atom stereocenters. The fourth-order valence-corrected chi connectivity index (χ4v) is 0.777. The van der Waals surface area contributed by atoms with Crippen LogP contribution in [0.3, 0.4) is 0 Å². The summed E-state index contributed by atoms with van der Waals surface area (Å²) >= 11 is 0. The van der Waals surface area contributed by atoms with E-state index in [0.717, 1.165) is 0 Å². The molecule has 0 fully saturated rings. The summed E-state index contributed by atoms with van der Waals surface area (Å²) in [6, 6.07) is 0.407. The van der Waals surface area contributed by atoms with E-state index in [0.29, 0.717) is 19.2 Å². The van der Waals surface area contributed by atoms with Crippen LogP contribution < -0.4 is 5.32 Å². The Labute approximate surface area is 81.5 Å². The Morgan fingerprint density at radius 2 is 1.85 bits per heavy atom. The Kier molecular flexibility index (Phi) is 5.53. The van der Waals surface area contributed by atoms with Crippen molar-refractivity contribution in [2.24, 2.45) is 0 Å². The van der Waals surface area contributed by atoms with Gasteiger partial charge in [-0.25, -0.2) is 0 Å². The van der Waals surface area contributed by atoms with Gasteiger partial charge in [-0.15, -0.1) is 0 Å². The predicted molar refractivity (Wildman–Crippen MR) is 54.9 cm³/mol. The van der Waals surface area contributed by atoms with Crippen molar-refractivity contribution in [3.8, 4) is 0 Å². The lowest BCUT2D eigenvalue weighted by atomic mass is 10.2. The minimum atomic E-state index is -0.415. The minimum absolute atomic E-state index is 0.168. The molecule has 0 aliphatic heterocycles. The fourth-order valence-electron chi connectivity index (χ4n) is 0.777. The molecule has 0 saturated carbocycles. The van der Waals surface area contributed by atoms with Crippen LogP contribution in [0.2, 0.25) is 0 Å². The van der Waals surface area contributed by atoms with Crippen molar-refractivity contribution >= 4 is 0 Å². The van der Waals surface area contributed by atoms with Gasteiger partial charge in [0.2, 0.25) is 0 Å². The lowest BCUT2D eigenvalue weighted by Gasteiger charge is -2.22. The SMILES string of the molecule is CC(C)NCC(O)COC(C)(C)C. The van der Waals surface area contributed by atoms with Crippen molar-refractivity contribution in [3.05, 3.63) is 0 Å². The largest absolute Gasteiger partial charge is 0.389 e. The minimum Gasteiger partial charge on any atom is -0.389 e. The molecule has 0 rings (SSSR count). The van der Waals surface area contributed by atoms with Gasteiger partial charge in [0.1, 0.15) is 0 Å². The monoisotopic (exact) mass is 189 g/mol. The van der Waals surface area contributed by atoms with Crippen LogP contribution in [-0.4, -0.2) is 36.0 Å². The van der Waals surface area contributed by atoms with Crippen molar-refractivity contribution < 1.29 is 9.84 Å². The van der Waals surface area contributed by atoms with Gasteiger partial charge < -0.3 is 15.2 Å². The van der Waals surface area contributed by atoms with Crippen LogP contribution in [0.1, 0.15) is 34.6 Å². The van der Waals surface area contributed by atoms with Crippen molar-refractivity contribution in [3.63, 3.8) is 0 Å². The summed E-state index contributed by atoms with van der Waals surface area (Å²) in [5.74, 6) is 0. The molecule has 0 aliphatic carbocycles. The van der Waals surface area contributed by atoms with Gasteiger partial charge in [0.25, 0.3) is 0 Å². The maximum atomic E-state index is 9.47. The summed E-state index contributed by atoms with van der Waals surface area (Å²) in [6.07, 6.45) is -0.415. The van der Waals surface area contributed by atoms with E-state index in [4.69, 9.17) is 4.74 Å². The Morgan fingerprint density at radius 3 is 2.23 bits per heavy atom. The average molecular weight is 189 g/mol. The number of hydrogen-bond acceptors (Lipinski definition) is 3. The number of rotatable bonds is 5. The topological polar surface area (TPSA) is 41.5 Å². The van der Waals surface area contributed by atoms with Crippen LogP contribution in [0.25, 0.3) is 0 Å². The average Bonchev–Trinajstić information content (AvgIpc) is 1.95. The van der Waals surface area contributed by atoms with Crippen LogP contribution in [-0.2, 0) is 4.74 Å². The molecule has 3 heteroatoms. The zero-order valence-electron chi connectivity index (χ0n) is 9.42. The first-order chi connectivity index (χ1) is 5.81.